The van der Waals surface area contributed by atoms with E-state index in [0.717, 1.165) is 0 Å². The topological polar surface area (TPSA) is 74.6 Å². The number of rotatable bonds is 3. The number of benzene rings is 3. The zero-order chi connectivity index (χ0) is 20.0. The molecule has 4 nitrogen and oxygen atoms in total. The first-order chi connectivity index (χ1) is 12.7. The average molecular weight is 402 g/mol. The van der Waals surface area contributed by atoms with Crippen molar-refractivity contribution in [2.45, 2.75) is 20.8 Å². The van der Waals surface area contributed by atoms with Gasteiger partial charge < -0.3 is 0 Å². The summed E-state index contributed by atoms with van der Waals surface area (Å²) in [6.07, 6.45) is 0. The standard InChI is InChI=1S/C21H21P.H2O4S/c1-16-10-4-7-13-19(16)22(20-14-8-5-11-17(20)2)21-15-9-6-12-18(21)3;1-5(2,3)4/h4-15H,1-3H3;(H2,1,2,3,4). The summed E-state index contributed by atoms with van der Waals surface area (Å²) in [5.74, 6) is 0. The van der Waals surface area contributed by atoms with E-state index in [1.165, 1.54) is 32.6 Å². The molecule has 0 heterocycles. The van der Waals surface area contributed by atoms with Gasteiger partial charge in [0.25, 0.3) is 0 Å². The highest BCUT2D eigenvalue weighted by molar-refractivity contribution is 7.80. The molecule has 0 saturated carbocycles. The van der Waals surface area contributed by atoms with Crippen molar-refractivity contribution in [3.63, 3.8) is 0 Å². The van der Waals surface area contributed by atoms with Crippen LogP contribution in [-0.2, 0) is 10.4 Å². The molecule has 0 aromatic heterocycles. The lowest BCUT2D eigenvalue weighted by Gasteiger charge is -2.24. The number of hydrogen-bond donors (Lipinski definition) is 2. The Morgan fingerprint density at radius 3 is 1.04 bits per heavy atom. The molecule has 0 aliphatic carbocycles. The van der Waals surface area contributed by atoms with Gasteiger partial charge in [0.05, 0.1) is 0 Å². The highest BCUT2D eigenvalue weighted by Crippen LogP contribution is 2.36. The maximum absolute atomic E-state index is 8.74. The summed E-state index contributed by atoms with van der Waals surface area (Å²) in [6.45, 7) is 6.67. The summed E-state index contributed by atoms with van der Waals surface area (Å²) in [6, 6.07) is 26.4. The van der Waals surface area contributed by atoms with Crippen molar-refractivity contribution in [3.8, 4) is 0 Å². The number of hydrogen-bond acceptors (Lipinski definition) is 2. The molecule has 27 heavy (non-hydrogen) atoms. The van der Waals surface area contributed by atoms with Crippen LogP contribution in [-0.4, -0.2) is 17.5 Å². The SMILES string of the molecule is Cc1ccccc1P(c1ccccc1C)c1ccccc1C.O=S(=O)(O)O. The molecule has 0 atom stereocenters. The second-order valence-electron chi connectivity index (χ2n) is 6.14. The first-order valence-corrected chi connectivity index (χ1v) is 11.1. The Morgan fingerprint density at radius 1 is 0.593 bits per heavy atom. The molecule has 0 aliphatic rings. The minimum atomic E-state index is -4.67. The van der Waals surface area contributed by atoms with Crippen LogP contribution in [0.15, 0.2) is 72.8 Å². The molecule has 0 fully saturated rings. The summed E-state index contributed by atoms with van der Waals surface area (Å²) >= 11 is 0. The minimum Gasteiger partial charge on any atom is -0.264 e. The highest BCUT2D eigenvalue weighted by Gasteiger charge is 2.20. The molecule has 3 aromatic rings. The van der Waals surface area contributed by atoms with E-state index in [1.54, 1.807) is 0 Å². The van der Waals surface area contributed by atoms with Crippen molar-refractivity contribution < 1.29 is 17.5 Å². The van der Waals surface area contributed by atoms with E-state index in [2.05, 4.69) is 93.6 Å². The third kappa shape index (κ3) is 6.26. The predicted octanol–water partition coefficient (Wildman–Crippen LogP) is 3.72. The van der Waals surface area contributed by atoms with Crippen LogP contribution in [0.3, 0.4) is 0 Å². The molecule has 0 amide bonds. The number of aryl methyl sites for hydroxylation is 3. The van der Waals surface area contributed by atoms with E-state index in [0.29, 0.717) is 0 Å². The van der Waals surface area contributed by atoms with Crippen molar-refractivity contribution in [2.24, 2.45) is 0 Å². The second kappa shape index (κ2) is 9.25. The highest BCUT2D eigenvalue weighted by atomic mass is 32.3. The molecule has 0 aliphatic heterocycles. The van der Waals surface area contributed by atoms with Crippen LogP contribution < -0.4 is 15.9 Å². The van der Waals surface area contributed by atoms with Gasteiger partial charge in [-0.25, -0.2) is 0 Å². The fourth-order valence-corrected chi connectivity index (χ4v) is 5.60. The van der Waals surface area contributed by atoms with Crippen molar-refractivity contribution in [3.05, 3.63) is 89.5 Å². The van der Waals surface area contributed by atoms with Gasteiger partial charge in [0.1, 0.15) is 0 Å². The fourth-order valence-electron chi connectivity index (χ4n) is 2.83. The smallest absolute Gasteiger partial charge is 0.264 e. The average Bonchev–Trinajstić information content (AvgIpc) is 2.58. The molecule has 0 saturated heterocycles. The quantitative estimate of drug-likeness (QED) is 0.517. The maximum atomic E-state index is 8.74. The lowest BCUT2D eigenvalue weighted by atomic mass is 10.2. The van der Waals surface area contributed by atoms with Crippen LogP contribution in [0, 0.1) is 20.8 Å². The van der Waals surface area contributed by atoms with Crippen molar-refractivity contribution in [1.29, 1.82) is 0 Å². The Morgan fingerprint density at radius 2 is 0.815 bits per heavy atom. The van der Waals surface area contributed by atoms with E-state index in [1.807, 2.05) is 0 Å². The molecule has 0 spiro atoms. The largest absolute Gasteiger partial charge is 0.394 e. The van der Waals surface area contributed by atoms with Gasteiger partial charge in [-0.15, -0.1) is 0 Å². The fraction of sp³-hybridized carbons (Fsp3) is 0.143. The second-order valence-corrected chi connectivity index (χ2v) is 9.15. The normalized spacial score (nSPS) is 11.0. The van der Waals surface area contributed by atoms with Crippen molar-refractivity contribution in [2.75, 3.05) is 0 Å². The maximum Gasteiger partial charge on any atom is 0.394 e. The molecule has 2 N–H and O–H groups in total. The van der Waals surface area contributed by atoms with Crippen molar-refractivity contribution in [1.82, 2.24) is 0 Å². The summed E-state index contributed by atoms with van der Waals surface area (Å²) < 4.78 is 31.6. The molecular formula is C21H23O4PS. The monoisotopic (exact) mass is 402 g/mol. The van der Waals surface area contributed by atoms with Crippen LogP contribution >= 0.6 is 7.92 Å². The van der Waals surface area contributed by atoms with Gasteiger partial charge in [0.2, 0.25) is 0 Å². The van der Waals surface area contributed by atoms with Crippen LogP contribution in [0.5, 0.6) is 0 Å². The Kier molecular flexibility index (Phi) is 7.28. The summed E-state index contributed by atoms with van der Waals surface area (Å²) in [4.78, 5) is 0. The van der Waals surface area contributed by atoms with Crippen LogP contribution in [0.1, 0.15) is 16.7 Å². The summed E-state index contributed by atoms with van der Waals surface area (Å²) in [7, 11) is -5.18. The summed E-state index contributed by atoms with van der Waals surface area (Å²) in [5, 5.41) is 4.38. The zero-order valence-electron chi connectivity index (χ0n) is 15.5. The van der Waals surface area contributed by atoms with Crippen LogP contribution in [0.4, 0.5) is 0 Å². The molecule has 142 valence electrons. The predicted molar refractivity (Wildman–Crippen MR) is 114 cm³/mol. The van der Waals surface area contributed by atoms with E-state index in [4.69, 9.17) is 17.5 Å². The molecule has 0 radical (unpaired) electrons. The van der Waals surface area contributed by atoms with Gasteiger partial charge >= 0.3 is 10.4 Å². The van der Waals surface area contributed by atoms with E-state index >= 15 is 0 Å². The first-order valence-electron chi connectivity index (χ1n) is 8.35. The van der Waals surface area contributed by atoms with E-state index in [9.17, 15) is 0 Å². The molecule has 3 rings (SSSR count). The van der Waals surface area contributed by atoms with Gasteiger partial charge in [-0.3, -0.25) is 9.11 Å². The third-order valence-corrected chi connectivity index (χ3v) is 7.02. The Bertz CT molecular complexity index is 900. The first kappa shape index (κ1) is 21.3. The van der Waals surface area contributed by atoms with Crippen LogP contribution in [0.2, 0.25) is 0 Å². The Balaban J connectivity index is 0.000000465. The van der Waals surface area contributed by atoms with Crippen LogP contribution in [0.25, 0.3) is 0 Å². The van der Waals surface area contributed by atoms with E-state index < -0.39 is 18.3 Å². The van der Waals surface area contributed by atoms with Gasteiger partial charge in [-0.2, -0.15) is 8.42 Å². The van der Waals surface area contributed by atoms with Gasteiger partial charge in [-0.1, -0.05) is 72.8 Å². The van der Waals surface area contributed by atoms with Gasteiger partial charge in [-0.05, 0) is 61.3 Å². The van der Waals surface area contributed by atoms with E-state index in [-0.39, 0.29) is 0 Å². The third-order valence-electron chi connectivity index (χ3n) is 4.07. The lowest BCUT2D eigenvalue weighted by Crippen LogP contribution is -2.25. The molecule has 0 bridgehead atoms. The summed E-state index contributed by atoms with van der Waals surface area (Å²) in [5.41, 5.74) is 4.13. The lowest BCUT2D eigenvalue weighted by molar-refractivity contribution is 0.381. The molecule has 3 aromatic carbocycles. The molecular weight excluding hydrogens is 379 g/mol. The molecule has 6 heteroatoms. The minimum absolute atomic E-state index is 0.508. The zero-order valence-corrected chi connectivity index (χ0v) is 17.2. The van der Waals surface area contributed by atoms with Crippen molar-refractivity contribution >= 4 is 34.2 Å². The van der Waals surface area contributed by atoms with Gasteiger partial charge in [0, 0.05) is 0 Å². The Labute approximate surface area is 162 Å². The van der Waals surface area contributed by atoms with Gasteiger partial charge in [0.15, 0.2) is 0 Å². The molecule has 0 unspecified atom stereocenters. The Hall–Kier alpha value is -2.04.